The van der Waals surface area contributed by atoms with Crippen LogP contribution in [0.4, 0.5) is 4.39 Å². The normalized spacial score (nSPS) is 13.3. The fourth-order valence-electron chi connectivity index (χ4n) is 3.33. The fraction of sp³-hybridized carbons (Fsp3) is 0.391. The molecule has 1 amide bonds. The standard InChI is InChI=1S/C23H29FN4OS/c1-25-23(27-14-5-15-30-21-11-9-20(24)10-12-21)26-13-4-8-22(29)28-16-18-6-2-3-7-19(18)17-28/h2-3,6-7,9-12H,4-5,8,13-17H2,1H3,(H2,25,26,27). The smallest absolute Gasteiger partial charge is 0.223 e. The minimum atomic E-state index is -0.205. The van der Waals surface area contributed by atoms with E-state index in [1.165, 1.54) is 23.3 Å². The maximum absolute atomic E-state index is 12.9. The van der Waals surface area contributed by atoms with Gasteiger partial charge in [0.1, 0.15) is 5.82 Å². The summed E-state index contributed by atoms with van der Waals surface area (Å²) in [5.74, 6) is 1.70. The van der Waals surface area contributed by atoms with E-state index in [2.05, 4.69) is 27.8 Å². The number of nitrogens with one attached hydrogen (secondary N) is 2. The highest BCUT2D eigenvalue weighted by molar-refractivity contribution is 7.99. The molecule has 0 saturated heterocycles. The molecule has 0 radical (unpaired) electrons. The molecule has 0 aliphatic carbocycles. The third-order valence-corrected chi connectivity index (χ3v) is 6.07. The first-order valence-corrected chi connectivity index (χ1v) is 11.3. The van der Waals surface area contributed by atoms with Gasteiger partial charge in [-0.15, -0.1) is 11.8 Å². The zero-order chi connectivity index (χ0) is 21.2. The third kappa shape index (κ3) is 6.76. The van der Waals surface area contributed by atoms with Gasteiger partial charge >= 0.3 is 0 Å². The largest absolute Gasteiger partial charge is 0.356 e. The predicted octanol–water partition coefficient (Wildman–Crippen LogP) is 3.80. The molecule has 1 aliphatic rings. The van der Waals surface area contributed by atoms with Gasteiger partial charge in [-0.05, 0) is 54.0 Å². The second-order valence-electron chi connectivity index (χ2n) is 7.20. The van der Waals surface area contributed by atoms with Gasteiger partial charge in [0.15, 0.2) is 5.96 Å². The van der Waals surface area contributed by atoms with Gasteiger partial charge in [0, 0.05) is 44.5 Å². The van der Waals surface area contributed by atoms with Gasteiger partial charge in [-0.2, -0.15) is 0 Å². The Bertz CT molecular complexity index is 832. The zero-order valence-electron chi connectivity index (χ0n) is 17.4. The maximum atomic E-state index is 12.9. The highest BCUT2D eigenvalue weighted by Crippen LogP contribution is 2.23. The molecule has 0 atom stereocenters. The summed E-state index contributed by atoms with van der Waals surface area (Å²) in [6, 6.07) is 14.8. The lowest BCUT2D eigenvalue weighted by Gasteiger charge is -2.16. The Morgan fingerprint density at radius 1 is 1.03 bits per heavy atom. The van der Waals surface area contributed by atoms with E-state index in [-0.39, 0.29) is 11.7 Å². The second kappa shape index (κ2) is 11.6. The van der Waals surface area contributed by atoms with Gasteiger partial charge in [-0.3, -0.25) is 9.79 Å². The monoisotopic (exact) mass is 428 g/mol. The van der Waals surface area contributed by atoms with Gasteiger partial charge in [-0.1, -0.05) is 24.3 Å². The highest BCUT2D eigenvalue weighted by Gasteiger charge is 2.22. The fourth-order valence-corrected chi connectivity index (χ4v) is 4.19. The number of guanidine groups is 1. The summed E-state index contributed by atoms with van der Waals surface area (Å²) in [7, 11) is 1.75. The second-order valence-corrected chi connectivity index (χ2v) is 8.37. The van der Waals surface area contributed by atoms with Gasteiger partial charge in [-0.25, -0.2) is 4.39 Å². The molecule has 160 valence electrons. The Labute approximate surface area is 182 Å². The SMILES string of the molecule is CN=C(NCCCSc1ccc(F)cc1)NCCCC(=O)N1Cc2ccccc2C1. The van der Waals surface area contributed by atoms with Crippen LogP contribution >= 0.6 is 11.8 Å². The first kappa shape index (κ1) is 22.2. The molecule has 0 saturated carbocycles. The van der Waals surface area contributed by atoms with Gasteiger partial charge < -0.3 is 15.5 Å². The topological polar surface area (TPSA) is 56.7 Å². The lowest BCUT2D eigenvalue weighted by atomic mass is 10.1. The van der Waals surface area contributed by atoms with Crippen molar-refractivity contribution in [2.24, 2.45) is 4.99 Å². The number of fused-ring (bicyclic) bond motifs is 1. The molecule has 0 fully saturated rings. The van der Waals surface area contributed by atoms with Crippen LogP contribution in [0.3, 0.4) is 0 Å². The van der Waals surface area contributed by atoms with Crippen LogP contribution in [-0.2, 0) is 17.9 Å². The van der Waals surface area contributed by atoms with E-state index in [0.717, 1.165) is 49.1 Å². The van der Waals surface area contributed by atoms with Crippen LogP contribution in [0.15, 0.2) is 58.4 Å². The average molecular weight is 429 g/mol. The molecule has 1 aliphatic heterocycles. The molecule has 0 bridgehead atoms. The zero-order valence-corrected chi connectivity index (χ0v) is 18.2. The number of amides is 1. The number of hydrogen-bond acceptors (Lipinski definition) is 3. The van der Waals surface area contributed by atoms with Crippen LogP contribution in [0.5, 0.6) is 0 Å². The minimum Gasteiger partial charge on any atom is -0.356 e. The number of rotatable bonds is 9. The van der Waals surface area contributed by atoms with Crippen molar-refractivity contribution in [3.8, 4) is 0 Å². The van der Waals surface area contributed by atoms with Crippen molar-refractivity contribution < 1.29 is 9.18 Å². The van der Waals surface area contributed by atoms with Crippen LogP contribution in [0.25, 0.3) is 0 Å². The van der Waals surface area contributed by atoms with E-state index >= 15 is 0 Å². The van der Waals surface area contributed by atoms with Gasteiger partial charge in [0.25, 0.3) is 0 Å². The lowest BCUT2D eigenvalue weighted by molar-refractivity contribution is -0.131. The summed E-state index contributed by atoms with van der Waals surface area (Å²) in [5.41, 5.74) is 2.51. The van der Waals surface area contributed by atoms with Crippen LogP contribution in [0.2, 0.25) is 0 Å². The summed E-state index contributed by atoms with van der Waals surface area (Å²) in [5, 5.41) is 6.56. The highest BCUT2D eigenvalue weighted by atomic mass is 32.2. The van der Waals surface area contributed by atoms with Crippen molar-refractivity contribution in [1.29, 1.82) is 0 Å². The number of halogens is 1. The number of nitrogens with zero attached hydrogens (tertiary/aromatic N) is 2. The predicted molar refractivity (Wildman–Crippen MR) is 121 cm³/mol. The molecule has 1 heterocycles. The summed E-state index contributed by atoms with van der Waals surface area (Å²) < 4.78 is 12.9. The molecule has 5 nitrogen and oxygen atoms in total. The Morgan fingerprint density at radius 2 is 1.67 bits per heavy atom. The summed E-state index contributed by atoms with van der Waals surface area (Å²) in [6.45, 7) is 2.96. The minimum absolute atomic E-state index is 0.203. The Kier molecular flexibility index (Phi) is 8.56. The van der Waals surface area contributed by atoms with Crippen LogP contribution in [0, 0.1) is 5.82 Å². The maximum Gasteiger partial charge on any atom is 0.223 e. The van der Waals surface area contributed by atoms with Crippen molar-refractivity contribution in [2.75, 3.05) is 25.9 Å². The Morgan fingerprint density at radius 3 is 2.30 bits per heavy atom. The molecule has 3 rings (SSSR count). The number of benzene rings is 2. The molecule has 2 aromatic rings. The van der Waals surface area contributed by atoms with Gasteiger partial charge in [0.05, 0.1) is 0 Å². The van der Waals surface area contributed by atoms with E-state index in [0.29, 0.717) is 13.0 Å². The molecule has 2 N–H and O–H groups in total. The lowest BCUT2D eigenvalue weighted by Crippen LogP contribution is -2.38. The Balaban J connectivity index is 1.25. The summed E-state index contributed by atoms with van der Waals surface area (Å²) in [4.78, 5) is 19.7. The average Bonchev–Trinajstić information content (AvgIpc) is 3.20. The molecule has 30 heavy (non-hydrogen) atoms. The number of carbonyl (C=O) groups is 1. The molecular formula is C23H29FN4OS. The quantitative estimate of drug-likeness (QED) is 0.276. The van der Waals surface area contributed by atoms with Crippen molar-refractivity contribution in [3.05, 3.63) is 65.5 Å². The first-order chi connectivity index (χ1) is 14.7. The number of carbonyl (C=O) groups excluding carboxylic acids is 1. The van der Waals surface area contributed by atoms with E-state index in [1.54, 1.807) is 30.9 Å². The van der Waals surface area contributed by atoms with E-state index in [9.17, 15) is 9.18 Å². The number of thioether (sulfide) groups is 1. The molecule has 0 unspecified atom stereocenters. The first-order valence-electron chi connectivity index (χ1n) is 10.3. The van der Waals surface area contributed by atoms with E-state index < -0.39 is 0 Å². The third-order valence-electron chi connectivity index (χ3n) is 4.97. The van der Waals surface area contributed by atoms with Crippen molar-refractivity contribution in [3.63, 3.8) is 0 Å². The van der Waals surface area contributed by atoms with Crippen LogP contribution in [0.1, 0.15) is 30.4 Å². The van der Waals surface area contributed by atoms with E-state index in [1.807, 2.05) is 17.0 Å². The van der Waals surface area contributed by atoms with Crippen LogP contribution < -0.4 is 10.6 Å². The molecule has 0 aromatic heterocycles. The number of aliphatic imine (C=N–C) groups is 1. The van der Waals surface area contributed by atoms with E-state index in [4.69, 9.17) is 0 Å². The Hall–Kier alpha value is -2.54. The number of hydrogen-bond donors (Lipinski definition) is 2. The van der Waals surface area contributed by atoms with Gasteiger partial charge in [0.2, 0.25) is 5.91 Å². The van der Waals surface area contributed by atoms with Crippen molar-refractivity contribution >= 4 is 23.6 Å². The summed E-state index contributed by atoms with van der Waals surface area (Å²) in [6.07, 6.45) is 2.27. The summed E-state index contributed by atoms with van der Waals surface area (Å²) >= 11 is 1.71. The molecule has 2 aromatic carbocycles. The molecule has 7 heteroatoms. The molecular weight excluding hydrogens is 399 g/mol. The molecule has 0 spiro atoms. The van der Waals surface area contributed by atoms with Crippen LogP contribution in [-0.4, -0.2) is 42.7 Å². The van der Waals surface area contributed by atoms with Crippen molar-refractivity contribution in [2.45, 2.75) is 37.2 Å². The van der Waals surface area contributed by atoms with Crippen molar-refractivity contribution in [1.82, 2.24) is 15.5 Å².